The molecule has 5 nitrogen and oxygen atoms in total. The summed E-state index contributed by atoms with van der Waals surface area (Å²) < 4.78 is 6.03. The third kappa shape index (κ3) is 15.3. The highest BCUT2D eigenvalue weighted by molar-refractivity contribution is 5.13. The third-order valence-corrected chi connectivity index (χ3v) is 6.22. The lowest BCUT2D eigenvalue weighted by atomic mass is 10.0. The van der Waals surface area contributed by atoms with Gasteiger partial charge in [0.05, 0.1) is 25.4 Å². The molecule has 0 radical (unpaired) electrons. The Morgan fingerprint density at radius 3 is 1.78 bits per heavy atom. The van der Waals surface area contributed by atoms with Crippen molar-refractivity contribution in [1.82, 2.24) is 0 Å². The molecular formula is C27H47N3O2. The number of hydrogen-bond donors (Lipinski definition) is 1. The second-order valence-electron chi connectivity index (χ2n) is 9.03. The largest absolute Gasteiger partial charge is 0.396 e. The molecule has 1 aromatic carbocycles. The van der Waals surface area contributed by atoms with Gasteiger partial charge in [-0.3, -0.25) is 0 Å². The van der Waals surface area contributed by atoms with Crippen molar-refractivity contribution in [3.05, 3.63) is 46.3 Å². The number of nitrogens with zero attached hydrogens (tertiary/aromatic N) is 3. The van der Waals surface area contributed by atoms with Gasteiger partial charge in [0, 0.05) is 4.91 Å². The molecule has 0 amide bonds. The van der Waals surface area contributed by atoms with Crippen LogP contribution in [-0.4, -0.2) is 23.9 Å². The summed E-state index contributed by atoms with van der Waals surface area (Å²) in [5.41, 5.74) is 9.89. The summed E-state index contributed by atoms with van der Waals surface area (Å²) >= 11 is 0. The van der Waals surface area contributed by atoms with Gasteiger partial charge in [-0.2, -0.15) is 0 Å². The van der Waals surface area contributed by atoms with Gasteiger partial charge < -0.3 is 9.84 Å². The first-order valence-electron chi connectivity index (χ1n) is 13.1. The van der Waals surface area contributed by atoms with Gasteiger partial charge in [0.2, 0.25) is 0 Å². The first kappa shape index (κ1) is 28.5. The summed E-state index contributed by atoms with van der Waals surface area (Å²) in [4.78, 5) is 2.89. The van der Waals surface area contributed by atoms with Crippen molar-refractivity contribution in [2.75, 3.05) is 6.61 Å². The van der Waals surface area contributed by atoms with E-state index in [0.717, 1.165) is 24.8 Å². The molecule has 2 atom stereocenters. The van der Waals surface area contributed by atoms with Gasteiger partial charge in [0.1, 0.15) is 0 Å². The second kappa shape index (κ2) is 21.3. The lowest BCUT2D eigenvalue weighted by Gasteiger charge is -2.22. The Hall–Kier alpha value is -1.55. The minimum atomic E-state index is -0.518. The fourth-order valence-corrected chi connectivity index (χ4v) is 4.18. The zero-order valence-corrected chi connectivity index (χ0v) is 20.5. The average molecular weight is 446 g/mol. The van der Waals surface area contributed by atoms with Crippen LogP contribution in [0.25, 0.3) is 10.4 Å². The molecule has 1 rings (SSSR count). The maximum absolute atomic E-state index is 9.61. The average Bonchev–Trinajstić information content (AvgIpc) is 2.82. The zero-order valence-electron chi connectivity index (χ0n) is 20.5. The van der Waals surface area contributed by atoms with Crippen molar-refractivity contribution < 1.29 is 9.84 Å². The van der Waals surface area contributed by atoms with Crippen LogP contribution in [0.5, 0.6) is 0 Å². The van der Waals surface area contributed by atoms with E-state index in [1.54, 1.807) is 0 Å². The Labute approximate surface area is 196 Å². The van der Waals surface area contributed by atoms with Crippen LogP contribution in [-0.2, 0) is 11.3 Å². The van der Waals surface area contributed by atoms with Gasteiger partial charge in [-0.1, -0.05) is 139 Å². The molecule has 182 valence electrons. The predicted octanol–water partition coefficient (Wildman–Crippen LogP) is 8.50. The normalized spacial score (nSPS) is 12.9. The maximum atomic E-state index is 9.61. The zero-order chi connectivity index (χ0) is 23.1. The molecule has 1 aromatic rings. The van der Waals surface area contributed by atoms with E-state index in [4.69, 9.17) is 10.3 Å². The highest BCUT2D eigenvalue weighted by Crippen LogP contribution is 2.18. The van der Waals surface area contributed by atoms with Crippen LogP contribution in [0.2, 0.25) is 0 Å². The number of ether oxygens (including phenoxy) is 1. The molecule has 0 spiro atoms. The lowest BCUT2D eigenvalue weighted by molar-refractivity contribution is 0.00410. The van der Waals surface area contributed by atoms with Gasteiger partial charge >= 0.3 is 0 Å². The Balaban J connectivity index is 2.08. The summed E-state index contributed by atoms with van der Waals surface area (Å²) in [6.45, 7) is 2.57. The van der Waals surface area contributed by atoms with E-state index in [2.05, 4.69) is 16.9 Å². The topological polar surface area (TPSA) is 78.2 Å². The van der Waals surface area contributed by atoms with Crippen molar-refractivity contribution in [1.29, 1.82) is 0 Å². The number of aliphatic hydroxyl groups is 1. The summed E-state index contributed by atoms with van der Waals surface area (Å²) in [5, 5.41) is 13.4. The standard InChI is InChI=1S/C27H47N3O2/c1-2-3-4-5-6-7-8-9-10-11-12-13-14-15-19-22-27(26(23-31)29-30-28)32-24-25-20-17-16-18-21-25/h16-18,20-21,26-27,31H,2-15,19,22-24H2,1H3/t26-,27+/m0/s1. The Kier molecular flexibility index (Phi) is 19.0. The van der Waals surface area contributed by atoms with E-state index in [1.165, 1.54) is 83.5 Å². The first-order chi connectivity index (χ1) is 15.8. The van der Waals surface area contributed by atoms with E-state index < -0.39 is 6.04 Å². The molecule has 0 aromatic heterocycles. The maximum Gasteiger partial charge on any atom is 0.0867 e. The highest BCUT2D eigenvalue weighted by atomic mass is 16.5. The Morgan fingerprint density at radius 1 is 0.812 bits per heavy atom. The second-order valence-corrected chi connectivity index (χ2v) is 9.03. The van der Waals surface area contributed by atoms with E-state index in [0.29, 0.717) is 6.61 Å². The summed E-state index contributed by atoms with van der Waals surface area (Å²) in [7, 11) is 0. The van der Waals surface area contributed by atoms with E-state index >= 15 is 0 Å². The van der Waals surface area contributed by atoms with Gasteiger partial charge in [-0.05, 0) is 17.5 Å². The number of rotatable bonds is 22. The van der Waals surface area contributed by atoms with Crippen LogP contribution < -0.4 is 0 Å². The molecular weight excluding hydrogens is 398 g/mol. The molecule has 0 aliphatic heterocycles. The summed E-state index contributed by atoms with van der Waals surface area (Å²) in [6.07, 6.45) is 20.6. The van der Waals surface area contributed by atoms with Gasteiger partial charge in [-0.25, -0.2) is 0 Å². The smallest absolute Gasteiger partial charge is 0.0867 e. The SMILES string of the molecule is CCCCCCCCCCCCCCCCC[C@@H](OCc1ccccc1)[C@H](CO)N=[N+]=[N-]. The molecule has 0 saturated carbocycles. The Bertz CT molecular complexity index is 576. The minimum absolute atomic E-state index is 0.178. The predicted molar refractivity (Wildman–Crippen MR) is 135 cm³/mol. The van der Waals surface area contributed by atoms with Crippen LogP contribution in [0.4, 0.5) is 0 Å². The van der Waals surface area contributed by atoms with Crippen LogP contribution in [0.15, 0.2) is 35.4 Å². The Morgan fingerprint density at radius 2 is 1.31 bits per heavy atom. The fourth-order valence-electron chi connectivity index (χ4n) is 4.18. The van der Waals surface area contributed by atoms with Crippen molar-refractivity contribution in [3.8, 4) is 0 Å². The van der Waals surface area contributed by atoms with E-state index in [1.807, 2.05) is 30.3 Å². The van der Waals surface area contributed by atoms with Crippen molar-refractivity contribution in [2.45, 2.75) is 128 Å². The number of azide groups is 1. The number of aliphatic hydroxyl groups excluding tert-OH is 1. The highest BCUT2D eigenvalue weighted by Gasteiger charge is 2.20. The number of benzene rings is 1. The van der Waals surface area contributed by atoms with Crippen molar-refractivity contribution >= 4 is 0 Å². The third-order valence-electron chi connectivity index (χ3n) is 6.22. The van der Waals surface area contributed by atoms with Crippen molar-refractivity contribution in [3.63, 3.8) is 0 Å². The first-order valence-corrected chi connectivity index (χ1v) is 13.1. The summed E-state index contributed by atoms with van der Waals surface area (Å²) in [5.74, 6) is 0. The number of hydrogen-bond acceptors (Lipinski definition) is 3. The summed E-state index contributed by atoms with van der Waals surface area (Å²) in [6, 6.07) is 9.47. The molecule has 0 saturated heterocycles. The lowest BCUT2D eigenvalue weighted by Crippen LogP contribution is -2.30. The van der Waals surface area contributed by atoms with E-state index in [-0.39, 0.29) is 12.7 Å². The molecule has 5 heteroatoms. The molecule has 0 bridgehead atoms. The molecule has 1 N–H and O–H groups in total. The van der Waals surface area contributed by atoms with Crippen LogP contribution in [0, 0.1) is 0 Å². The minimum Gasteiger partial charge on any atom is -0.396 e. The molecule has 32 heavy (non-hydrogen) atoms. The van der Waals surface area contributed by atoms with E-state index in [9.17, 15) is 5.11 Å². The quantitative estimate of drug-likeness (QED) is 0.0840. The van der Waals surface area contributed by atoms with Crippen LogP contribution in [0.1, 0.15) is 115 Å². The monoisotopic (exact) mass is 445 g/mol. The van der Waals surface area contributed by atoms with Crippen LogP contribution >= 0.6 is 0 Å². The number of unbranched alkanes of at least 4 members (excludes halogenated alkanes) is 14. The van der Waals surface area contributed by atoms with Gasteiger partial charge in [0.15, 0.2) is 0 Å². The van der Waals surface area contributed by atoms with Gasteiger partial charge in [-0.15, -0.1) is 0 Å². The molecule has 0 fully saturated rings. The molecule has 0 unspecified atom stereocenters. The van der Waals surface area contributed by atoms with Gasteiger partial charge in [0.25, 0.3) is 0 Å². The van der Waals surface area contributed by atoms with Crippen molar-refractivity contribution in [2.24, 2.45) is 5.11 Å². The van der Waals surface area contributed by atoms with Crippen LogP contribution in [0.3, 0.4) is 0 Å². The molecule has 0 heterocycles. The molecule has 0 aliphatic rings. The molecule has 0 aliphatic carbocycles. The fraction of sp³-hybridized carbons (Fsp3) is 0.778.